The number of benzene rings is 1. The second-order valence-corrected chi connectivity index (χ2v) is 12.2. The molecule has 0 saturated heterocycles. The summed E-state index contributed by atoms with van der Waals surface area (Å²) in [4.78, 5) is 9.00. The van der Waals surface area contributed by atoms with Crippen molar-refractivity contribution in [1.82, 2.24) is 9.97 Å². The summed E-state index contributed by atoms with van der Waals surface area (Å²) < 4.78 is 48.5. The standard InChI is InChI=1S/C25H28ClN2O5PS/c1-4-32-34(29,33-5-2)14-6-7-15-35(30,31)23-12-10-20(11-13-23)24-16-22(26)18-28-25(24)21-9-8-19(3)27-17-21/h6-13,16-18H,4-5,14-15H2,1-3H3. The fourth-order valence-corrected chi connectivity index (χ4v) is 6.14. The van der Waals surface area contributed by atoms with Gasteiger partial charge < -0.3 is 9.05 Å². The average Bonchev–Trinajstić information content (AvgIpc) is 2.83. The molecule has 0 N–H and O–H groups in total. The van der Waals surface area contributed by atoms with Crippen molar-refractivity contribution in [2.24, 2.45) is 0 Å². The topological polar surface area (TPSA) is 95.5 Å². The minimum Gasteiger partial charge on any atom is -0.309 e. The molecule has 0 unspecified atom stereocenters. The van der Waals surface area contributed by atoms with Crippen molar-refractivity contribution in [2.45, 2.75) is 25.7 Å². The normalized spacial score (nSPS) is 12.3. The van der Waals surface area contributed by atoms with E-state index in [0.29, 0.717) is 10.7 Å². The number of rotatable bonds is 11. The van der Waals surface area contributed by atoms with Crippen molar-refractivity contribution in [2.75, 3.05) is 25.1 Å². The molecule has 0 atom stereocenters. The number of aryl methyl sites for hydroxylation is 1. The zero-order valence-corrected chi connectivity index (χ0v) is 22.3. The molecular weight excluding hydrogens is 507 g/mol. The van der Waals surface area contributed by atoms with Gasteiger partial charge in [0.15, 0.2) is 9.84 Å². The van der Waals surface area contributed by atoms with E-state index < -0.39 is 17.4 Å². The molecule has 35 heavy (non-hydrogen) atoms. The second-order valence-electron chi connectivity index (χ2n) is 7.64. The second kappa shape index (κ2) is 12.1. The highest BCUT2D eigenvalue weighted by Crippen LogP contribution is 2.47. The van der Waals surface area contributed by atoms with Gasteiger partial charge in [-0.15, -0.1) is 0 Å². The fraction of sp³-hybridized carbons (Fsp3) is 0.280. The highest BCUT2D eigenvalue weighted by Gasteiger charge is 2.21. The largest absolute Gasteiger partial charge is 0.334 e. The molecule has 1 aromatic carbocycles. The lowest BCUT2D eigenvalue weighted by molar-refractivity contribution is 0.222. The number of allylic oxidation sites excluding steroid dienone is 1. The Balaban J connectivity index is 1.79. The number of pyridine rings is 2. The van der Waals surface area contributed by atoms with E-state index in [2.05, 4.69) is 9.97 Å². The number of aromatic nitrogens is 2. The van der Waals surface area contributed by atoms with Gasteiger partial charge in [-0.05, 0) is 56.7 Å². The van der Waals surface area contributed by atoms with Crippen LogP contribution in [0.15, 0.2) is 71.9 Å². The summed E-state index contributed by atoms with van der Waals surface area (Å²) >= 11 is 6.21. The van der Waals surface area contributed by atoms with Crippen LogP contribution in [0.2, 0.25) is 5.02 Å². The summed E-state index contributed by atoms with van der Waals surface area (Å²) in [7, 11) is -6.84. The first kappa shape index (κ1) is 27.2. The molecule has 0 aliphatic heterocycles. The van der Waals surface area contributed by atoms with Crippen LogP contribution in [0.1, 0.15) is 19.5 Å². The van der Waals surface area contributed by atoms with Crippen LogP contribution >= 0.6 is 19.2 Å². The highest BCUT2D eigenvalue weighted by molar-refractivity contribution is 7.91. The van der Waals surface area contributed by atoms with Crippen LogP contribution in [-0.2, 0) is 23.4 Å². The van der Waals surface area contributed by atoms with E-state index in [-0.39, 0.29) is 30.0 Å². The molecule has 0 fully saturated rings. The fourth-order valence-electron chi connectivity index (χ4n) is 3.37. The number of halogens is 1. The molecule has 2 heterocycles. The minimum atomic E-state index is -3.59. The Morgan fingerprint density at radius 2 is 1.60 bits per heavy atom. The lowest BCUT2D eigenvalue weighted by Crippen LogP contribution is -2.05. The maximum absolute atomic E-state index is 12.8. The zero-order valence-electron chi connectivity index (χ0n) is 19.8. The SMILES string of the molecule is CCOP(=O)(CC=CCS(=O)(=O)c1ccc(-c2cc(Cl)cnc2-c2ccc(C)nc2)cc1)OCC. The Kier molecular flexibility index (Phi) is 9.39. The first-order valence-corrected chi connectivity index (χ1v) is 14.9. The van der Waals surface area contributed by atoms with Crippen molar-refractivity contribution in [3.8, 4) is 22.4 Å². The van der Waals surface area contributed by atoms with Gasteiger partial charge in [-0.1, -0.05) is 35.9 Å². The average molecular weight is 535 g/mol. The summed E-state index contributed by atoms with van der Waals surface area (Å²) in [6, 6.07) is 12.2. The smallest absolute Gasteiger partial charge is 0.309 e. The molecule has 0 bridgehead atoms. The van der Waals surface area contributed by atoms with Gasteiger partial charge in [-0.3, -0.25) is 14.5 Å². The van der Waals surface area contributed by atoms with Gasteiger partial charge in [-0.2, -0.15) is 0 Å². The van der Waals surface area contributed by atoms with Crippen LogP contribution in [0.4, 0.5) is 0 Å². The van der Waals surface area contributed by atoms with Gasteiger partial charge in [-0.25, -0.2) is 8.42 Å². The molecule has 0 amide bonds. The highest BCUT2D eigenvalue weighted by atomic mass is 35.5. The molecule has 186 valence electrons. The lowest BCUT2D eigenvalue weighted by Gasteiger charge is -2.14. The van der Waals surface area contributed by atoms with Crippen LogP contribution < -0.4 is 0 Å². The van der Waals surface area contributed by atoms with E-state index in [1.165, 1.54) is 12.2 Å². The molecule has 7 nitrogen and oxygen atoms in total. The van der Waals surface area contributed by atoms with Gasteiger partial charge in [0.1, 0.15) is 0 Å². The maximum atomic E-state index is 12.8. The van der Waals surface area contributed by atoms with Crippen LogP contribution in [0, 0.1) is 6.92 Å². The van der Waals surface area contributed by atoms with Crippen molar-refractivity contribution in [3.63, 3.8) is 0 Å². The summed E-state index contributed by atoms with van der Waals surface area (Å²) in [5.74, 6) is -0.233. The molecule has 0 spiro atoms. The monoisotopic (exact) mass is 534 g/mol. The lowest BCUT2D eigenvalue weighted by atomic mass is 10.0. The minimum absolute atomic E-state index is 0.0154. The third kappa shape index (κ3) is 7.32. The molecular formula is C25H28ClN2O5PS. The third-order valence-corrected chi connectivity index (χ3v) is 8.82. The third-order valence-electron chi connectivity index (χ3n) is 5.03. The Hall–Kier alpha value is -2.35. The molecule has 0 radical (unpaired) electrons. The maximum Gasteiger partial charge on any atom is 0.334 e. The zero-order chi connectivity index (χ0) is 25.5. The Labute approximate surface area is 211 Å². The number of sulfone groups is 1. The predicted octanol–water partition coefficient (Wildman–Crippen LogP) is 6.37. The van der Waals surface area contributed by atoms with Crippen LogP contribution in [0.3, 0.4) is 0 Å². The van der Waals surface area contributed by atoms with E-state index in [9.17, 15) is 13.0 Å². The van der Waals surface area contributed by atoms with Gasteiger partial charge >= 0.3 is 7.60 Å². The van der Waals surface area contributed by atoms with Crippen LogP contribution in [-0.4, -0.2) is 43.5 Å². The molecule has 3 rings (SSSR count). The van der Waals surface area contributed by atoms with Crippen LogP contribution in [0.5, 0.6) is 0 Å². The van der Waals surface area contributed by atoms with E-state index in [0.717, 1.165) is 22.4 Å². The number of hydrogen-bond acceptors (Lipinski definition) is 7. The van der Waals surface area contributed by atoms with E-state index in [1.54, 1.807) is 56.6 Å². The summed E-state index contributed by atoms with van der Waals surface area (Å²) in [6.45, 7) is 5.86. The van der Waals surface area contributed by atoms with Gasteiger partial charge in [0.2, 0.25) is 0 Å². The summed E-state index contributed by atoms with van der Waals surface area (Å²) in [5.41, 5.74) is 3.98. The van der Waals surface area contributed by atoms with Crippen molar-refractivity contribution in [1.29, 1.82) is 0 Å². The first-order chi connectivity index (χ1) is 16.7. The van der Waals surface area contributed by atoms with Gasteiger partial charge in [0, 0.05) is 29.2 Å². The molecule has 3 aromatic rings. The van der Waals surface area contributed by atoms with Crippen molar-refractivity contribution >= 4 is 29.0 Å². The molecule has 0 saturated carbocycles. The molecule has 10 heteroatoms. The van der Waals surface area contributed by atoms with Crippen molar-refractivity contribution in [3.05, 3.63) is 77.7 Å². The number of hydrogen-bond donors (Lipinski definition) is 0. The Morgan fingerprint density at radius 3 is 2.20 bits per heavy atom. The van der Waals surface area contributed by atoms with Crippen LogP contribution in [0.25, 0.3) is 22.4 Å². The molecule has 0 aliphatic rings. The quantitative estimate of drug-likeness (QED) is 0.208. The van der Waals surface area contributed by atoms with E-state index in [1.807, 2.05) is 19.1 Å². The molecule has 2 aromatic heterocycles. The van der Waals surface area contributed by atoms with E-state index in [4.69, 9.17) is 20.6 Å². The Bertz CT molecular complexity index is 1320. The molecule has 0 aliphatic carbocycles. The Morgan fingerprint density at radius 1 is 0.943 bits per heavy atom. The number of nitrogens with zero attached hydrogens (tertiary/aromatic N) is 2. The van der Waals surface area contributed by atoms with Gasteiger partial charge in [0.25, 0.3) is 0 Å². The van der Waals surface area contributed by atoms with E-state index >= 15 is 0 Å². The summed E-state index contributed by atoms with van der Waals surface area (Å²) in [6.07, 6.45) is 6.33. The summed E-state index contributed by atoms with van der Waals surface area (Å²) in [5, 5.41) is 0.474. The van der Waals surface area contributed by atoms with Gasteiger partial charge in [0.05, 0.1) is 40.7 Å². The first-order valence-electron chi connectivity index (χ1n) is 11.1. The predicted molar refractivity (Wildman–Crippen MR) is 140 cm³/mol. The van der Waals surface area contributed by atoms with Crippen molar-refractivity contribution < 1.29 is 22.0 Å².